The van der Waals surface area contributed by atoms with Crippen molar-refractivity contribution < 1.29 is 9.59 Å². The lowest BCUT2D eigenvalue weighted by Crippen LogP contribution is -2.37. The third-order valence-corrected chi connectivity index (χ3v) is 6.06. The van der Waals surface area contributed by atoms with E-state index in [0.717, 1.165) is 29.8 Å². The van der Waals surface area contributed by atoms with Gasteiger partial charge in [-0.1, -0.05) is 56.3 Å². The van der Waals surface area contributed by atoms with Crippen LogP contribution in [0.4, 0.5) is 5.69 Å². The number of hydrogen-bond donors (Lipinski definition) is 1. The number of aryl methyl sites for hydroxylation is 1. The number of hydrogen-bond acceptors (Lipinski definition) is 2. The lowest BCUT2D eigenvalue weighted by atomic mass is 9.98. The molecule has 0 spiro atoms. The van der Waals surface area contributed by atoms with Crippen LogP contribution in [0.2, 0.25) is 0 Å². The summed E-state index contributed by atoms with van der Waals surface area (Å²) in [5.41, 5.74) is 5.68. The van der Waals surface area contributed by atoms with E-state index in [2.05, 4.69) is 43.4 Å². The summed E-state index contributed by atoms with van der Waals surface area (Å²) in [7, 11) is 0. The zero-order chi connectivity index (χ0) is 19.8. The van der Waals surface area contributed by atoms with Crippen molar-refractivity contribution >= 4 is 17.5 Å². The number of fused-ring (bicyclic) bond motifs is 1. The van der Waals surface area contributed by atoms with Gasteiger partial charge in [0.1, 0.15) is 0 Å². The smallest absolute Gasteiger partial charge is 0.228 e. The van der Waals surface area contributed by atoms with E-state index in [0.29, 0.717) is 18.9 Å². The number of amides is 2. The molecule has 0 aromatic heterocycles. The molecule has 2 amide bonds. The number of carbonyl (C=O) groups excluding carboxylic acids is 2. The zero-order valence-electron chi connectivity index (χ0n) is 16.9. The second kappa shape index (κ2) is 7.42. The molecule has 1 saturated carbocycles. The fourth-order valence-corrected chi connectivity index (χ4v) is 4.23. The van der Waals surface area contributed by atoms with Crippen LogP contribution in [0.5, 0.6) is 0 Å². The predicted molar refractivity (Wildman–Crippen MR) is 111 cm³/mol. The second-order valence-corrected chi connectivity index (χ2v) is 8.41. The maximum atomic E-state index is 12.9. The fourth-order valence-electron chi connectivity index (χ4n) is 4.23. The van der Waals surface area contributed by atoms with Gasteiger partial charge in [0.05, 0.1) is 11.8 Å². The molecule has 1 aliphatic carbocycles. The highest BCUT2D eigenvalue weighted by Crippen LogP contribution is 2.42. The van der Waals surface area contributed by atoms with Crippen molar-refractivity contribution in [3.63, 3.8) is 0 Å². The molecule has 2 aromatic rings. The number of rotatable bonds is 4. The summed E-state index contributed by atoms with van der Waals surface area (Å²) in [6.07, 6.45) is 1.55. The minimum Gasteiger partial charge on any atom is -0.338 e. The standard InChI is InChI=1S/C24H28N2O2/c1-15(2)19-10-6-7-16(3)22(19)25-23(27)20-13-21(20)24(28)26-12-11-17-8-4-5-9-18(17)14-26/h4-10,15,20-21H,11-14H2,1-3H3,(H,25,27). The number of anilines is 1. The molecule has 28 heavy (non-hydrogen) atoms. The molecule has 0 bridgehead atoms. The van der Waals surface area contributed by atoms with Crippen LogP contribution in [-0.2, 0) is 22.6 Å². The monoisotopic (exact) mass is 376 g/mol. The number of nitrogens with one attached hydrogen (secondary N) is 1. The van der Waals surface area contributed by atoms with E-state index in [1.807, 2.05) is 30.0 Å². The molecule has 0 radical (unpaired) electrons. The van der Waals surface area contributed by atoms with Crippen molar-refractivity contribution in [2.75, 3.05) is 11.9 Å². The van der Waals surface area contributed by atoms with Crippen molar-refractivity contribution in [2.45, 2.75) is 46.1 Å². The Hall–Kier alpha value is -2.62. The minimum absolute atomic E-state index is 0.0213. The van der Waals surface area contributed by atoms with Gasteiger partial charge in [-0.05, 0) is 47.9 Å². The fraction of sp³-hybridized carbons (Fsp3) is 0.417. The predicted octanol–water partition coefficient (Wildman–Crippen LogP) is 4.28. The largest absolute Gasteiger partial charge is 0.338 e. The summed E-state index contributed by atoms with van der Waals surface area (Å²) in [4.78, 5) is 27.7. The summed E-state index contributed by atoms with van der Waals surface area (Å²) in [6, 6.07) is 14.4. The van der Waals surface area contributed by atoms with Crippen LogP contribution in [0.15, 0.2) is 42.5 Å². The van der Waals surface area contributed by atoms with Crippen LogP contribution in [0, 0.1) is 18.8 Å². The van der Waals surface area contributed by atoms with E-state index >= 15 is 0 Å². The SMILES string of the molecule is Cc1cccc(C(C)C)c1NC(=O)C1CC1C(=O)N1CCc2ccccc2C1. The summed E-state index contributed by atoms with van der Waals surface area (Å²) >= 11 is 0. The first kappa shape index (κ1) is 18.7. The molecule has 1 N–H and O–H groups in total. The Labute approximate surface area is 166 Å². The van der Waals surface area contributed by atoms with Crippen LogP contribution in [0.25, 0.3) is 0 Å². The van der Waals surface area contributed by atoms with E-state index in [1.165, 1.54) is 11.1 Å². The molecular weight excluding hydrogens is 348 g/mol. The Morgan fingerprint density at radius 2 is 1.79 bits per heavy atom. The number of para-hydroxylation sites is 1. The van der Waals surface area contributed by atoms with Gasteiger partial charge in [0.15, 0.2) is 0 Å². The summed E-state index contributed by atoms with van der Waals surface area (Å²) in [6.45, 7) is 7.68. The van der Waals surface area contributed by atoms with Gasteiger partial charge in [-0.25, -0.2) is 0 Å². The molecule has 1 fully saturated rings. The third-order valence-electron chi connectivity index (χ3n) is 6.06. The molecule has 1 heterocycles. The zero-order valence-corrected chi connectivity index (χ0v) is 16.9. The maximum absolute atomic E-state index is 12.9. The van der Waals surface area contributed by atoms with Gasteiger partial charge >= 0.3 is 0 Å². The van der Waals surface area contributed by atoms with Crippen molar-refractivity contribution in [2.24, 2.45) is 11.8 Å². The van der Waals surface area contributed by atoms with Crippen molar-refractivity contribution in [1.82, 2.24) is 4.90 Å². The second-order valence-electron chi connectivity index (χ2n) is 8.41. The molecule has 146 valence electrons. The Morgan fingerprint density at radius 3 is 2.54 bits per heavy atom. The highest BCUT2D eigenvalue weighted by molar-refractivity contribution is 6.00. The van der Waals surface area contributed by atoms with Gasteiger partial charge in [-0.3, -0.25) is 9.59 Å². The Balaban J connectivity index is 1.41. The highest BCUT2D eigenvalue weighted by Gasteiger charge is 2.49. The molecule has 2 aromatic carbocycles. The number of benzene rings is 2. The molecule has 2 atom stereocenters. The molecule has 2 aliphatic rings. The van der Waals surface area contributed by atoms with E-state index in [9.17, 15) is 9.59 Å². The quantitative estimate of drug-likeness (QED) is 0.866. The molecule has 4 rings (SSSR count). The van der Waals surface area contributed by atoms with Gasteiger partial charge in [-0.15, -0.1) is 0 Å². The third kappa shape index (κ3) is 3.56. The Kier molecular flexibility index (Phi) is 4.96. The molecule has 1 aliphatic heterocycles. The topological polar surface area (TPSA) is 49.4 Å². The summed E-state index contributed by atoms with van der Waals surface area (Å²) < 4.78 is 0. The van der Waals surface area contributed by atoms with E-state index in [-0.39, 0.29) is 23.7 Å². The molecule has 4 heteroatoms. The molecule has 4 nitrogen and oxygen atoms in total. The first-order chi connectivity index (χ1) is 13.5. The summed E-state index contributed by atoms with van der Waals surface area (Å²) in [5, 5.41) is 3.12. The number of nitrogens with zero attached hydrogens (tertiary/aromatic N) is 1. The maximum Gasteiger partial charge on any atom is 0.228 e. The highest BCUT2D eigenvalue weighted by atomic mass is 16.2. The lowest BCUT2D eigenvalue weighted by Gasteiger charge is -2.29. The normalized spacial score (nSPS) is 20.6. The van der Waals surface area contributed by atoms with Gasteiger partial charge in [0.2, 0.25) is 11.8 Å². The van der Waals surface area contributed by atoms with Gasteiger partial charge in [0.25, 0.3) is 0 Å². The van der Waals surface area contributed by atoms with Crippen molar-refractivity contribution in [1.29, 1.82) is 0 Å². The van der Waals surface area contributed by atoms with Gasteiger partial charge in [0, 0.05) is 18.8 Å². The van der Waals surface area contributed by atoms with Crippen LogP contribution in [0.3, 0.4) is 0 Å². The first-order valence-corrected chi connectivity index (χ1v) is 10.2. The Morgan fingerprint density at radius 1 is 1.04 bits per heavy atom. The van der Waals surface area contributed by atoms with Crippen LogP contribution >= 0.6 is 0 Å². The molecular formula is C24H28N2O2. The van der Waals surface area contributed by atoms with Crippen molar-refractivity contribution in [3.8, 4) is 0 Å². The average Bonchev–Trinajstić information content (AvgIpc) is 3.49. The lowest BCUT2D eigenvalue weighted by molar-refractivity contribution is -0.135. The minimum atomic E-state index is -0.204. The van der Waals surface area contributed by atoms with Gasteiger partial charge < -0.3 is 10.2 Å². The number of carbonyl (C=O) groups is 2. The molecule has 2 unspecified atom stereocenters. The van der Waals surface area contributed by atoms with Crippen molar-refractivity contribution in [3.05, 3.63) is 64.7 Å². The average molecular weight is 377 g/mol. The van der Waals surface area contributed by atoms with Crippen LogP contribution in [-0.4, -0.2) is 23.3 Å². The van der Waals surface area contributed by atoms with Crippen LogP contribution < -0.4 is 5.32 Å². The first-order valence-electron chi connectivity index (χ1n) is 10.2. The van der Waals surface area contributed by atoms with E-state index < -0.39 is 0 Å². The van der Waals surface area contributed by atoms with E-state index in [4.69, 9.17) is 0 Å². The van der Waals surface area contributed by atoms with Gasteiger partial charge in [-0.2, -0.15) is 0 Å². The summed E-state index contributed by atoms with van der Waals surface area (Å²) in [5.74, 6) is 0.0665. The van der Waals surface area contributed by atoms with E-state index in [1.54, 1.807) is 0 Å². The Bertz CT molecular complexity index is 919. The molecule has 0 saturated heterocycles. The van der Waals surface area contributed by atoms with Crippen LogP contribution in [0.1, 0.15) is 48.4 Å².